The zero-order valence-corrected chi connectivity index (χ0v) is 13.4. The van der Waals surface area contributed by atoms with Crippen LogP contribution in [-0.4, -0.2) is 24.5 Å². The molecule has 2 aromatic rings. The number of carbonyl (C=O) groups is 1. The topological polar surface area (TPSA) is 118 Å². The van der Waals surface area contributed by atoms with Crippen molar-refractivity contribution in [2.45, 2.75) is 36.6 Å². The van der Waals surface area contributed by atoms with E-state index < -0.39 is 10.0 Å². The Morgan fingerprint density at radius 2 is 2.00 bits per heavy atom. The average molecular weight is 334 g/mol. The summed E-state index contributed by atoms with van der Waals surface area (Å²) in [6, 6.07) is 7.61. The number of hydrogen-bond donors (Lipinski definition) is 3. The largest absolute Gasteiger partial charge is 0.344 e. The monoisotopic (exact) mass is 334 g/mol. The Hall–Kier alpha value is -2.19. The van der Waals surface area contributed by atoms with Crippen LogP contribution in [0.3, 0.4) is 0 Å². The zero-order valence-electron chi connectivity index (χ0n) is 12.6. The molecule has 0 spiro atoms. The molecule has 3 rings (SSSR count). The first-order valence-electron chi connectivity index (χ1n) is 7.33. The number of H-pyrrole nitrogens is 1. The van der Waals surface area contributed by atoms with Crippen molar-refractivity contribution in [1.82, 2.24) is 15.5 Å². The SMILES string of the molecule is C[C@H](NC(=O)c1cc(C2CC2)[nH]n1)c1ccc(S(N)(=O)=O)cc1. The first-order valence-corrected chi connectivity index (χ1v) is 8.88. The highest BCUT2D eigenvalue weighted by molar-refractivity contribution is 7.89. The van der Waals surface area contributed by atoms with Gasteiger partial charge in [0.25, 0.3) is 5.91 Å². The number of carbonyl (C=O) groups excluding carboxylic acids is 1. The van der Waals surface area contributed by atoms with Gasteiger partial charge in [-0.15, -0.1) is 0 Å². The number of nitrogens with one attached hydrogen (secondary N) is 2. The van der Waals surface area contributed by atoms with Crippen molar-refractivity contribution >= 4 is 15.9 Å². The van der Waals surface area contributed by atoms with Crippen LogP contribution < -0.4 is 10.5 Å². The number of amides is 1. The molecule has 1 fully saturated rings. The van der Waals surface area contributed by atoms with Crippen molar-refractivity contribution < 1.29 is 13.2 Å². The lowest BCUT2D eigenvalue weighted by atomic mass is 10.1. The summed E-state index contributed by atoms with van der Waals surface area (Å²) in [6.07, 6.45) is 2.27. The predicted octanol–water partition coefficient (Wildman–Crippen LogP) is 1.43. The fraction of sp³-hybridized carbons (Fsp3) is 0.333. The summed E-state index contributed by atoms with van der Waals surface area (Å²) in [5, 5.41) is 14.8. The molecule has 0 saturated heterocycles. The highest BCUT2D eigenvalue weighted by Crippen LogP contribution is 2.39. The number of nitrogens with two attached hydrogens (primary N) is 1. The Kier molecular flexibility index (Phi) is 3.95. The Bertz CT molecular complexity index is 823. The minimum absolute atomic E-state index is 0.0427. The van der Waals surface area contributed by atoms with Gasteiger partial charge in [-0.2, -0.15) is 5.10 Å². The van der Waals surface area contributed by atoms with Gasteiger partial charge in [0.15, 0.2) is 0 Å². The minimum atomic E-state index is -3.71. The van der Waals surface area contributed by atoms with Gasteiger partial charge >= 0.3 is 0 Å². The van der Waals surface area contributed by atoms with Crippen LogP contribution in [0.1, 0.15) is 53.5 Å². The molecule has 4 N–H and O–H groups in total. The van der Waals surface area contributed by atoms with Gasteiger partial charge in [-0.1, -0.05) is 12.1 Å². The molecule has 8 heteroatoms. The van der Waals surface area contributed by atoms with E-state index in [9.17, 15) is 13.2 Å². The normalized spacial score (nSPS) is 16.1. The van der Waals surface area contributed by atoms with E-state index in [0.29, 0.717) is 11.6 Å². The second-order valence-electron chi connectivity index (χ2n) is 5.79. The molecule has 1 aliphatic carbocycles. The van der Waals surface area contributed by atoms with Gasteiger partial charge in [0, 0.05) is 11.6 Å². The maximum Gasteiger partial charge on any atom is 0.272 e. The molecule has 1 heterocycles. The number of aromatic nitrogens is 2. The number of sulfonamides is 1. The van der Waals surface area contributed by atoms with E-state index >= 15 is 0 Å². The summed E-state index contributed by atoms with van der Waals surface area (Å²) in [5.41, 5.74) is 2.14. The minimum Gasteiger partial charge on any atom is -0.344 e. The second-order valence-corrected chi connectivity index (χ2v) is 7.35. The summed E-state index contributed by atoms with van der Waals surface area (Å²) < 4.78 is 22.5. The molecule has 1 amide bonds. The highest BCUT2D eigenvalue weighted by atomic mass is 32.2. The van der Waals surface area contributed by atoms with Crippen molar-refractivity contribution in [1.29, 1.82) is 0 Å². The Balaban J connectivity index is 1.67. The first-order chi connectivity index (χ1) is 10.8. The maximum atomic E-state index is 12.2. The molecule has 122 valence electrons. The summed E-state index contributed by atoms with van der Waals surface area (Å²) in [4.78, 5) is 12.2. The van der Waals surface area contributed by atoms with Crippen molar-refractivity contribution in [3.63, 3.8) is 0 Å². The number of nitrogens with zero attached hydrogens (tertiary/aromatic N) is 1. The van der Waals surface area contributed by atoms with E-state index in [1.54, 1.807) is 18.2 Å². The average Bonchev–Trinajstić information content (AvgIpc) is 3.23. The molecular weight excluding hydrogens is 316 g/mol. The summed E-state index contributed by atoms with van der Waals surface area (Å²) in [5.74, 6) is 0.239. The Morgan fingerprint density at radius 3 is 2.57 bits per heavy atom. The van der Waals surface area contributed by atoms with E-state index in [-0.39, 0.29) is 16.8 Å². The molecule has 1 saturated carbocycles. The van der Waals surface area contributed by atoms with E-state index in [0.717, 1.165) is 24.1 Å². The standard InChI is InChI=1S/C15H18N4O3S/c1-9(10-4-6-12(7-5-10)23(16,21)22)17-15(20)14-8-13(18-19-14)11-2-3-11/h4-9,11H,2-3H2,1H3,(H,17,20)(H,18,19)(H2,16,21,22)/t9-/m0/s1. The number of aromatic amines is 1. The van der Waals surface area contributed by atoms with Crippen molar-refractivity contribution in [3.8, 4) is 0 Å². The highest BCUT2D eigenvalue weighted by Gasteiger charge is 2.26. The molecule has 0 aliphatic heterocycles. The van der Waals surface area contributed by atoms with Crippen molar-refractivity contribution in [2.75, 3.05) is 0 Å². The van der Waals surface area contributed by atoms with Crippen LogP contribution in [0.15, 0.2) is 35.2 Å². The van der Waals surface area contributed by atoms with E-state index in [4.69, 9.17) is 5.14 Å². The van der Waals surface area contributed by atoms with E-state index in [1.165, 1.54) is 12.1 Å². The van der Waals surface area contributed by atoms with Gasteiger partial charge in [0.1, 0.15) is 5.69 Å². The Labute approximate surface area is 134 Å². The van der Waals surface area contributed by atoms with Gasteiger partial charge in [-0.05, 0) is 43.5 Å². The van der Waals surface area contributed by atoms with Gasteiger partial charge in [0.05, 0.1) is 10.9 Å². The smallest absolute Gasteiger partial charge is 0.272 e. The van der Waals surface area contributed by atoms with Crippen LogP contribution in [0, 0.1) is 0 Å². The molecule has 23 heavy (non-hydrogen) atoms. The summed E-state index contributed by atoms with van der Waals surface area (Å²) >= 11 is 0. The molecule has 1 atom stereocenters. The first kappa shape index (κ1) is 15.7. The second kappa shape index (κ2) is 5.78. The fourth-order valence-corrected chi connectivity index (χ4v) is 2.87. The number of rotatable bonds is 5. The third-order valence-corrected chi connectivity index (χ3v) is 4.83. The third kappa shape index (κ3) is 3.59. The molecule has 0 unspecified atom stereocenters. The van der Waals surface area contributed by atoms with Gasteiger partial charge in [0.2, 0.25) is 10.0 Å². The van der Waals surface area contributed by atoms with Crippen LogP contribution in [-0.2, 0) is 10.0 Å². The molecule has 1 aliphatic rings. The lowest BCUT2D eigenvalue weighted by molar-refractivity contribution is 0.0935. The molecule has 7 nitrogen and oxygen atoms in total. The molecule has 1 aromatic carbocycles. The molecular formula is C15H18N4O3S. The predicted molar refractivity (Wildman–Crippen MR) is 84.3 cm³/mol. The quantitative estimate of drug-likeness (QED) is 0.766. The summed E-state index contributed by atoms with van der Waals surface area (Å²) in [7, 11) is -3.71. The zero-order chi connectivity index (χ0) is 16.6. The summed E-state index contributed by atoms with van der Waals surface area (Å²) in [6.45, 7) is 1.82. The lowest BCUT2D eigenvalue weighted by Crippen LogP contribution is -2.27. The van der Waals surface area contributed by atoms with Gasteiger partial charge < -0.3 is 5.32 Å². The van der Waals surface area contributed by atoms with Crippen molar-refractivity contribution in [2.24, 2.45) is 5.14 Å². The molecule has 0 radical (unpaired) electrons. The van der Waals surface area contributed by atoms with Gasteiger partial charge in [-0.25, -0.2) is 13.6 Å². The lowest BCUT2D eigenvalue weighted by Gasteiger charge is -2.13. The van der Waals surface area contributed by atoms with E-state index in [2.05, 4.69) is 15.5 Å². The number of primary sulfonamides is 1. The van der Waals surface area contributed by atoms with E-state index in [1.807, 2.05) is 6.92 Å². The van der Waals surface area contributed by atoms with Crippen LogP contribution >= 0.6 is 0 Å². The number of hydrogen-bond acceptors (Lipinski definition) is 4. The number of benzene rings is 1. The van der Waals surface area contributed by atoms with Crippen LogP contribution in [0.4, 0.5) is 0 Å². The van der Waals surface area contributed by atoms with Crippen LogP contribution in [0.5, 0.6) is 0 Å². The third-order valence-electron chi connectivity index (χ3n) is 3.90. The van der Waals surface area contributed by atoms with Gasteiger partial charge in [-0.3, -0.25) is 9.89 Å². The fourth-order valence-electron chi connectivity index (χ4n) is 2.36. The molecule has 0 bridgehead atoms. The maximum absolute atomic E-state index is 12.2. The van der Waals surface area contributed by atoms with Crippen molar-refractivity contribution in [3.05, 3.63) is 47.3 Å². The Morgan fingerprint density at radius 1 is 1.35 bits per heavy atom. The van der Waals surface area contributed by atoms with Crippen LogP contribution in [0.2, 0.25) is 0 Å². The molecule has 1 aromatic heterocycles. The van der Waals surface area contributed by atoms with Crippen LogP contribution in [0.25, 0.3) is 0 Å².